The van der Waals surface area contributed by atoms with Crippen LogP contribution in [0.2, 0.25) is 0 Å². The van der Waals surface area contributed by atoms with Gasteiger partial charge in [-0.2, -0.15) is 11.8 Å². The Bertz CT molecular complexity index is 473. The van der Waals surface area contributed by atoms with Crippen molar-refractivity contribution in [1.82, 2.24) is 9.88 Å². The van der Waals surface area contributed by atoms with Gasteiger partial charge in [0.1, 0.15) is 0 Å². The Kier molecular flexibility index (Phi) is 4.56. The van der Waals surface area contributed by atoms with Crippen LogP contribution >= 0.6 is 27.7 Å². The van der Waals surface area contributed by atoms with E-state index in [1.807, 2.05) is 22.7 Å². The quantitative estimate of drug-likeness (QED) is 0.823. The molecule has 0 aliphatic carbocycles. The fourth-order valence-corrected chi connectivity index (χ4v) is 4.06. The third kappa shape index (κ3) is 4.21. The summed E-state index contributed by atoms with van der Waals surface area (Å²) in [5.74, 6) is 0.0887. The average Bonchev–Trinajstić information content (AvgIpc) is 2.74. The summed E-state index contributed by atoms with van der Waals surface area (Å²) in [6.07, 6.45) is 4.41. The summed E-state index contributed by atoms with van der Waals surface area (Å²) in [7, 11) is 0. The SMILES string of the molecule is CC(C)(C)SC1CCN(C(=O)c2cncc(Br)c2)C1. The van der Waals surface area contributed by atoms with E-state index in [4.69, 9.17) is 0 Å². The first-order valence-corrected chi connectivity index (χ1v) is 8.10. The summed E-state index contributed by atoms with van der Waals surface area (Å²) in [5.41, 5.74) is 0.663. The minimum absolute atomic E-state index is 0.0887. The third-order valence-electron chi connectivity index (χ3n) is 2.90. The van der Waals surface area contributed by atoms with Crippen LogP contribution in [0.1, 0.15) is 37.6 Å². The number of carbonyl (C=O) groups is 1. The van der Waals surface area contributed by atoms with Crippen molar-refractivity contribution in [3.8, 4) is 0 Å². The molecule has 0 saturated carbocycles. The Labute approximate surface area is 127 Å². The molecule has 1 fully saturated rings. The molecule has 1 aliphatic heterocycles. The van der Waals surface area contributed by atoms with Crippen LogP contribution in [0.25, 0.3) is 0 Å². The fourth-order valence-electron chi connectivity index (χ4n) is 2.22. The summed E-state index contributed by atoms with van der Waals surface area (Å²) in [5, 5.41) is 0.545. The highest BCUT2D eigenvalue weighted by Gasteiger charge is 2.30. The number of aromatic nitrogens is 1. The molecule has 1 unspecified atom stereocenters. The van der Waals surface area contributed by atoms with Crippen molar-refractivity contribution in [2.75, 3.05) is 13.1 Å². The molecule has 104 valence electrons. The Balaban J connectivity index is 1.99. The summed E-state index contributed by atoms with van der Waals surface area (Å²) in [4.78, 5) is 18.4. The van der Waals surface area contributed by atoms with Gasteiger partial charge in [-0.1, -0.05) is 20.8 Å². The zero-order valence-corrected chi connectivity index (χ0v) is 13.9. The molecule has 19 heavy (non-hydrogen) atoms. The highest BCUT2D eigenvalue weighted by atomic mass is 79.9. The molecule has 0 radical (unpaired) electrons. The minimum Gasteiger partial charge on any atom is -0.337 e. The number of carbonyl (C=O) groups excluding carboxylic acids is 1. The smallest absolute Gasteiger partial charge is 0.255 e. The molecule has 2 heterocycles. The average molecular weight is 343 g/mol. The first kappa shape index (κ1) is 14.9. The number of hydrogen-bond acceptors (Lipinski definition) is 3. The number of rotatable bonds is 2. The maximum Gasteiger partial charge on any atom is 0.255 e. The van der Waals surface area contributed by atoms with Gasteiger partial charge in [0, 0.05) is 40.0 Å². The topological polar surface area (TPSA) is 33.2 Å². The van der Waals surface area contributed by atoms with E-state index in [9.17, 15) is 4.79 Å². The maximum atomic E-state index is 12.4. The lowest BCUT2D eigenvalue weighted by atomic mass is 10.2. The van der Waals surface area contributed by atoms with E-state index < -0.39 is 0 Å². The van der Waals surface area contributed by atoms with E-state index in [0.717, 1.165) is 24.0 Å². The van der Waals surface area contributed by atoms with E-state index in [1.54, 1.807) is 12.4 Å². The van der Waals surface area contributed by atoms with Gasteiger partial charge in [0.25, 0.3) is 5.91 Å². The fraction of sp³-hybridized carbons (Fsp3) is 0.571. The molecule has 5 heteroatoms. The molecule has 2 rings (SSSR count). The van der Waals surface area contributed by atoms with Crippen LogP contribution in [0, 0.1) is 0 Å². The molecule has 1 amide bonds. The third-order valence-corrected chi connectivity index (χ3v) is 4.76. The molecular formula is C14H19BrN2OS. The van der Waals surface area contributed by atoms with Crippen LogP contribution in [0.3, 0.4) is 0 Å². The molecule has 1 aromatic rings. The number of nitrogens with zero attached hydrogens (tertiary/aromatic N) is 2. The lowest BCUT2D eigenvalue weighted by Crippen LogP contribution is -2.29. The van der Waals surface area contributed by atoms with E-state index in [-0.39, 0.29) is 10.7 Å². The first-order valence-electron chi connectivity index (χ1n) is 6.43. The van der Waals surface area contributed by atoms with Crippen LogP contribution in [-0.2, 0) is 0 Å². The molecule has 3 nitrogen and oxygen atoms in total. The van der Waals surface area contributed by atoms with Crippen LogP contribution in [0.5, 0.6) is 0 Å². The second-order valence-corrected chi connectivity index (χ2v) is 8.83. The van der Waals surface area contributed by atoms with Gasteiger partial charge in [-0.15, -0.1) is 0 Å². The molecule has 1 aromatic heterocycles. The Morgan fingerprint density at radius 1 is 1.47 bits per heavy atom. The number of thioether (sulfide) groups is 1. The van der Waals surface area contributed by atoms with Crippen molar-refractivity contribution in [2.24, 2.45) is 0 Å². The van der Waals surface area contributed by atoms with E-state index in [0.29, 0.717) is 10.8 Å². The summed E-state index contributed by atoms with van der Waals surface area (Å²) in [6, 6.07) is 1.83. The van der Waals surface area contributed by atoms with E-state index in [2.05, 4.69) is 41.7 Å². The normalized spacial score (nSPS) is 19.8. The van der Waals surface area contributed by atoms with Gasteiger partial charge in [-0.05, 0) is 28.4 Å². The predicted molar refractivity (Wildman–Crippen MR) is 83.6 cm³/mol. The van der Waals surface area contributed by atoms with Crippen LogP contribution in [-0.4, -0.2) is 38.9 Å². The molecular weight excluding hydrogens is 324 g/mol. The van der Waals surface area contributed by atoms with Gasteiger partial charge in [-0.3, -0.25) is 9.78 Å². The molecule has 1 saturated heterocycles. The largest absolute Gasteiger partial charge is 0.337 e. The van der Waals surface area contributed by atoms with Crippen molar-refractivity contribution in [3.63, 3.8) is 0 Å². The zero-order chi connectivity index (χ0) is 14.0. The molecule has 1 atom stereocenters. The van der Waals surface area contributed by atoms with Gasteiger partial charge in [0.2, 0.25) is 0 Å². The van der Waals surface area contributed by atoms with Crippen molar-refractivity contribution < 1.29 is 4.79 Å². The molecule has 1 aliphatic rings. The summed E-state index contributed by atoms with van der Waals surface area (Å²) < 4.78 is 1.10. The molecule has 0 spiro atoms. The maximum absolute atomic E-state index is 12.4. The van der Waals surface area contributed by atoms with Gasteiger partial charge >= 0.3 is 0 Å². The molecule has 0 bridgehead atoms. The second-order valence-electron chi connectivity index (χ2n) is 5.78. The van der Waals surface area contributed by atoms with E-state index in [1.165, 1.54) is 0 Å². The predicted octanol–water partition coefficient (Wildman–Crippen LogP) is 3.59. The van der Waals surface area contributed by atoms with Crippen molar-refractivity contribution >= 4 is 33.6 Å². The summed E-state index contributed by atoms with van der Waals surface area (Å²) in [6.45, 7) is 8.35. The Morgan fingerprint density at radius 3 is 2.84 bits per heavy atom. The number of pyridine rings is 1. The number of halogens is 1. The number of likely N-dealkylation sites (tertiary alicyclic amines) is 1. The van der Waals surface area contributed by atoms with Crippen LogP contribution in [0.15, 0.2) is 22.9 Å². The number of amides is 1. The van der Waals surface area contributed by atoms with Gasteiger partial charge in [0.15, 0.2) is 0 Å². The highest BCUT2D eigenvalue weighted by Crippen LogP contribution is 2.33. The standard InChI is InChI=1S/C14H19BrN2OS/c1-14(2,3)19-12-4-5-17(9-12)13(18)10-6-11(15)8-16-7-10/h6-8,12H,4-5,9H2,1-3H3. The Morgan fingerprint density at radius 2 is 2.21 bits per heavy atom. The van der Waals surface area contributed by atoms with Crippen LogP contribution < -0.4 is 0 Å². The van der Waals surface area contributed by atoms with E-state index >= 15 is 0 Å². The summed E-state index contributed by atoms with van der Waals surface area (Å²) >= 11 is 5.32. The van der Waals surface area contributed by atoms with Crippen LogP contribution in [0.4, 0.5) is 0 Å². The highest BCUT2D eigenvalue weighted by molar-refractivity contribution is 9.10. The van der Waals surface area contributed by atoms with Crippen molar-refractivity contribution in [3.05, 3.63) is 28.5 Å². The second kappa shape index (κ2) is 5.83. The van der Waals surface area contributed by atoms with Crippen molar-refractivity contribution in [2.45, 2.75) is 37.2 Å². The zero-order valence-electron chi connectivity index (χ0n) is 11.5. The lowest BCUT2D eigenvalue weighted by Gasteiger charge is -2.23. The molecule has 0 aromatic carbocycles. The first-order chi connectivity index (χ1) is 8.85. The monoisotopic (exact) mass is 342 g/mol. The van der Waals surface area contributed by atoms with Gasteiger partial charge in [0.05, 0.1) is 5.56 Å². The Hall–Kier alpha value is -0.550. The lowest BCUT2D eigenvalue weighted by molar-refractivity contribution is 0.0792. The minimum atomic E-state index is 0.0887. The number of hydrogen-bond donors (Lipinski definition) is 0. The van der Waals surface area contributed by atoms with Gasteiger partial charge < -0.3 is 4.90 Å². The van der Waals surface area contributed by atoms with Crippen molar-refractivity contribution in [1.29, 1.82) is 0 Å². The van der Waals surface area contributed by atoms with Gasteiger partial charge in [-0.25, -0.2) is 0 Å². The molecule has 0 N–H and O–H groups in total.